The maximum atomic E-state index is 5.62. The molecule has 1 rings (SSSR count). The summed E-state index contributed by atoms with van der Waals surface area (Å²) in [5, 5.41) is 0. The van der Waals surface area contributed by atoms with E-state index in [1.807, 2.05) is 25.1 Å². The van der Waals surface area contributed by atoms with Crippen molar-refractivity contribution in [3.63, 3.8) is 0 Å². The van der Waals surface area contributed by atoms with Gasteiger partial charge in [0.1, 0.15) is 10.2 Å². The van der Waals surface area contributed by atoms with Crippen LogP contribution in [0.3, 0.4) is 0 Å². The lowest BCUT2D eigenvalue weighted by Gasteiger charge is -2.25. The van der Waals surface area contributed by atoms with Gasteiger partial charge in [0, 0.05) is 13.7 Å². The Bertz CT molecular complexity index is 287. The molecule has 4 heteroatoms. The highest BCUT2D eigenvalue weighted by molar-refractivity contribution is 9.10. The van der Waals surface area contributed by atoms with Crippen LogP contribution in [-0.4, -0.2) is 18.6 Å². The van der Waals surface area contributed by atoms with E-state index in [0.717, 1.165) is 10.3 Å². The van der Waals surface area contributed by atoms with E-state index in [2.05, 4.69) is 20.9 Å². The summed E-state index contributed by atoms with van der Waals surface area (Å²) in [6.07, 6.45) is 0. The predicted octanol–water partition coefficient (Wildman–Crippen LogP) is 1.66. The fourth-order valence-electron chi connectivity index (χ4n) is 0.995. The molecule has 0 aliphatic rings. The first-order chi connectivity index (χ1) is 6.12. The number of nitrogens with two attached hydrogens (primary N) is 1. The maximum Gasteiger partial charge on any atom is 0.119 e. The molecule has 1 atom stereocenters. The van der Waals surface area contributed by atoms with Crippen molar-refractivity contribution < 1.29 is 4.74 Å². The van der Waals surface area contributed by atoms with Crippen molar-refractivity contribution in [2.45, 2.75) is 12.5 Å². The number of hydrogen-bond donors (Lipinski definition) is 1. The molecule has 0 spiro atoms. The Labute approximate surface area is 86.4 Å². The summed E-state index contributed by atoms with van der Waals surface area (Å²) >= 11 is 3.31. The van der Waals surface area contributed by atoms with Gasteiger partial charge in [0.15, 0.2) is 0 Å². The van der Waals surface area contributed by atoms with Crippen molar-refractivity contribution in [3.05, 3.63) is 28.5 Å². The molecule has 1 heterocycles. The molecule has 0 aliphatic heterocycles. The lowest BCUT2D eigenvalue weighted by atomic mass is 10.0. The number of hydrogen-bond acceptors (Lipinski definition) is 3. The Morgan fingerprint density at radius 2 is 2.31 bits per heavy atom. The van der Waals surface area contributed by atoms with Crippen molar-refractivity contribution in [3.8, 4) is 0 Å². The lowest BCUT2D eigenvalue weighted by molar-refractivity contribution is 0.00629. The zero-order valence-corrected chi connectivity index (χ0v) is 9.34. The summed E-state index contributed by atoms with van der Waals surface area (Å²) in [7, 11) is 1.63. The van der Waals surface area contributed by atoms with E-state index in [-0.39, 0.29) is 0 Å². The largest absolute Gasteiger partial charge is 0.371 e. The van der Waals surface area contributed by atoms with Crippen LogP contribution in [0, 0.1) is 0 Å². The molecular formula is C9H13BrN2O. The topological polar surface area (TPSA) is 48.1 Å². The zero-order chi connectivity index (χ0) is 9.90. The van der Waals surface area contributed by atoms with Crippen molar-refractivity contribution in [2.24, 2.45) is 5.73 Å². The summed E-state index contributed by atoms with van der Waals surface area (Å²) < 4.78 is 6.11. The third kappa shape index (κ3) is 2.27. The second-order valence-electron chi connectivity index (χ2n) is 2.98. The van der Waals surface area contributed by atoms with Crippen LogP contribution >= 0.6 is 15.9 Å². The molecule has 0 saturated carbocycles. The van der Waals surface area contributed by atoms with Crippen LogP contribution in [0.2, 0.25) is 0 Å². The first-order valence-electron chi connectivity index (χ1n) is 4.00. The molecule has 0 radical (unpaired) electrons. The molecule has 3 nitrogen and oxygen atoms in total. The maximum absolute atomic E-state index is 5.62. The molecule has 0 fully saturated rings. The monoisotopic (exact) mass is 244 g/mol. The fourth-order valence-corrected chi connectivity index (χ4v) is 1.34. The van der Waals surface area contributed by atoms with E-state index in [9.17, 15) is 0 Å². The van der Waals surface area contributed by atoms with Gasteiger partial charge in [-0.15, -0.1) is 0 Å². The minimum absolute atomic E-state index is 0.410. The van der Waals surface area contributed by atoms with E-state index in [1.54, 1.807) is 7.11 Å². The molecule has 0 aromatic carbocycles. The molecule has 1 aromatic rings. The number of nitrogens with zero attached hydrogens (tertiary/aromatic N) is 1. The van der Waals surface area contributed by atoms with E-state index in [0.29, 0.717) is 6.54 Å². The number of aromatic nitrogens is 1. The van der Waals surface area contributed by atoms with Gasteiger partial charge in [0.05, 0.1) is 5.69 Å². The van der Waals surface area contributed by atoms with Crippen molar-refractivity contribution >= 4 is 15.9 Å². The molecule has 2 N–H and O–H groups in total. The number of methoxy groups -OCH3 is 1. The van der Waals surface area contributed by atoms with Crippen molar-refractivity contribution in [2.75, 3.05) is 13.7 Å². The number of pyridine rings is 1. The lowest BCUT2D eigenvalue weighted by Crippen LogP contribution is -2.34. The minimum atomic E-state index is -0.496. The number of rotatable bonds is 3. The molecule has 1 unspecified atom stereocenters. The highest BCUT2D eigenvalue weighted by atomic mass is 79.9. The standard InChI is InChI=1S/C9H13BrN2O/c1-9(6-11,13-2)7-4-3-5-8(10)12-7/h3-5H,6,11H2,1-2H3. The van der Waals surface area contributed by atoms with Crippen LogP contribution in [-0.2, 0) is 10.3 Å². The normalized spacial score (nSPS) is 15.4. The Hall–Kier alpha value is -0.450. The fraction of sp³-hybridized carbons (Fsp3) is 0.444. The summed E-state index contributed by atoms with van der Waals surface area (Å²) in [5.41, 5.74) is 5.96. The quantitative estimate of drug-likeness (QED) is 0.824. The molecule has 0 saturated heterocycles. The Balaban J connectivity index is 3.05. The number of ether oxygens (including phenoxy) is 1. The second kappa shape index (κ2) is 4.17. The summed E-state index contributed by atoms with van der Waals surface area (Å²) in [6.45, 7) is 2.33. The van der Waals surface area contributed by atoms with Gasteiger partial charge in [-0.1, -0.05) is 6.07 Å². The summed E-state index contributed by atoms with van der Waals surface area (Å²) in [5.74, 6) is 0. The third-order valence-corrected chi connectivity index (χ3v) is 2.54. The van der Waals surface area contributed by atoms with Crippen molar-refractivity contribution in [1.29, 1.82) is 0 Å². The van der Waals surface area contributed by atoms with Crippen LogP contribution in [0.15, 0.2) is 22.8 Å². The second-order valence-corrected chi connectivity index (χ2v) is 3.80. The Morgan fingerprint density at radius 3 is 2.77 bits per heavy atom. The van der Waals surface area contributed by atoms with Gasteiger partial charge in [-0.3, -0.25) is 0 Å². The highest BCUT2D eigenvalue weighted by Gasteiger charge is 2.25. The molecular weight excluding hydrogens is 232 g/mol. The van der Waals surface area contributed by atoms with Crippen LogP contribution in [0.4, 0.5) is 0 Å². The molecule has 72 valence electrons. The smallest absolute Gasteiger partial charge is 0.119 e. The highest BCUT2D eigenvalue weighted by Crippen LogP contribution is 2.22. The van der Waals surface area contributed by atoms with Crippen LogP contribution < -0.4 is 5.73 Å². The van der Waals surface area contributed by atoms with Gasteiger partial charge < -0.3 is 10.5 Å². The Morgan fingerprint density at radius 1 is 1.62 bits per heavy atom. The van der Waals surface area contributed by atoms with Crippen LogP contribution in [0.1, 0.15) is 12.6 Å². The van der Waals surface area contributed by atoms with Crippen molar-refractivity contribution in [1.82, 2.24) is 4.98 Å². The SMILES string of the molecule is COC(C)(CN)c1cccc(Br)n1. The first-order valence-corrected chi connectivity index (χ1v) is 4.80. The van der Waals surface area contributed by atoms with Gasteiger partial charge >= 0.3 is 0 Å². The van der Waals surface area contributed by atoms with E-state index in [4.69, 9.17) is 10.5 Å². The molecule has 0 aliphatic carbocycles. The van der Waals surface area contributed by atoms with Crippen LogP contribution in [0.25, 0.3) is 0 Å². The average molecular weight is 245 g/mol. The molecule has 13 heavy (non-hydrogen) atoms. The van der Waals surface area contributed by atoms with Gasteiger partial charge in [-0.2, -0.15) is 0 Å². The average Bonchev–Trinajstić information content (AvgIpc) is 2.17. The zero-order valence-electron chi connectivity index (χ0n) is 7.75. The third-order valence-electron chi connectivity index (χ3n) is 2.10. The van der Waals surface area contributed by atoms with Gasteiger partial charge in [-0.05, 0) is 35.0 Å². The van der Waals surface area contributed by atoms with E-state index < -0.39 is 5.60 Å². The summed E-state index contributed by atoms with van der Waals surface area (Å²) in [6, 6.07) is 5.69. The van der Waals surface area contributed by atoms with Gasteiger partial charge in [-0.25, -0.2) is 4.98 Å². The minimum Gasteiger partial charge on any atom is -0.371 e. The molecule has 0 amide bonds. The summed E-state index contributed by atoms with van der Waals surface area (Å²) in [4.78, 5) is 4.30. The molecule has 0 bridgehead atoms. The Kier molecular flexibility index (Phi) is 3.41. The van der Waals surface area contributed by atoms with Crippen LogP contribution in [0.5, 0.6) is 0 Å². The van der Waals surface area contributed by atoms with E-state index >= 15 is 0 Å². The predicted molar refractivity (Wildman–Crippen MR) is 55.4 cm³/mol. The van der Waals surface area contributed by atoms with E-state index in [1.165, 1.54) is 0 Å². The van der Waals surface area contributed by atoms with Gasteiger partial charge in [0.25, 0.3) is 0 Å². The molecule has 1 aromatic heterocycles. The van der Waals surface area contributed by atoms with Gasteiger partial charge in [0.2, 0.25) is 0 Å². The number of halogens is 1. The first kappa shape index (κ1) is 10.6.